The fourth-order valence-electron chi connectivity index (χ4n) is 1.30. The predicted octanol–water partition coefficient (Wildman–Crippen LogP) is 1.03. The van der Waals surface area contributed by atoms with Gasteiger partial charge in [0.25, 0.3) is 0 Å². The van der Waals surface area contributed by atoms with E-state index in [-0.39, 0.29) is 23.7 Å². The third-order valence-electron chi connectivity index (χ3n) is 2.10. The lowest BCUT2D eigenvalue weighted by Crippen LogP contribution is -2.32. The first-order chi connectivity index (χ1) is 8.04. The van der Waals surface area contributed by atoms with Gasteiger partial charge >= 0.3 is 0 Å². The summed E-state index contributed by atoms with van der Waals surface area (Å²) in [5.74, 6) is 0. The van der Waals surface area contributed by atoms with Crippen LogP contribution in [0, 0.1) is 0 Å². The van der Waals surface area contributed by atoms with Gasteiger partial charge in [-0.3, -0.25) is 4.98 Å². The van der Waals surface area contributed by atoms with Crippen molar-refractivity contribution in [3.63, 3.8) is 0 Å². The van der Waals surface area contributed by atoms with E-state index in [1.54, 1.807) is 0 Å². The van der Waals surface area contributed by atoms with Crippen molar-refractivity contribution in [2.75, 3.05) is 18.8 Å². The van der Waals surface area contributed by atoms with Crippen LogP contribution in [0.5, 0.6) is 0 Å². The summed E-state index contributed by atoms with van der Waals surface area (Å²) in [6.45, 7) is 7.44. The van der Waals surface area contributed by atoms with Gasteiger partial charge < -0.3 is 5.73 Å². The number of hydrogen-bond acceptors (Lipinski definition) is 4. The first-order valence-electron chi connectivity index (χ1n) is 4.95. The van der Waals surface area contributed by atoms with E-state index < -0.39 is 10.0 Å². The zero-order valence-electron chi connectivity index (χ0n) is 9.41. The van der Waals surface area contributed by atoms with Crippen molar-refractivity contribution in [3.05, 3.63) is 43.8 Å². The average molecular weight is 253 g/mol. The Bertz CT molecular complexity index is 501. The van der Waals surface area contributed by atoms with Crippen molar-refractivity contribution in [2.45, 2.75) is 4.90 Å². The summed E-state index contributed by atoms with van der Waals surface area (Å²) in [6.07, 6.45) is 5.70. The molecule has 1 aromatic heterocycles. The highest BCUT2D eigenvalue weighted by atomic mass is 32.2. The van der Waals surface area contributed by atoms with Crippen LogP contribution in [0.15, 0.2) is 48.7 Å². The van der Waals surface area contributed by atoms with E-state index in [1.165, 1.54) is 34.9 Å². The Morgan fingerprint density at radius 3 is 2.41 bits per heavy atom. The second-order valence-electron chi connectivity index (χ2n) is 3.31. The summed E-state index contributed by atoms with van der Waals surface area (Å²) in [5, 5.41) is 0. The molecule has 0 amide bonds. The second kappa shape index (κ2) is 5.60. The Balaban J connectivity index is 3.20. The molecule has 0 radical (unpaired) electrons. The first-order valence-corrected chi connectivity index (χ1v) is 6.39. The standard InChI is InChI=1S/C11H15N3O2S/c1-3-7-14(8-4-2)17(15,16)11-9-13-6-5-10(11)12/h3-6,9H,1-2,7-8H2,(H2,12,13). The largest absolute Gasteiger partial charge is 0.398 e. The Kier molecular flexibility index (Phi) is 4.42. The summed E-state index contributed by atoms with van der Waals surface area (Å²) in [7, 11) is -3.65. The molecule has 17 heavy (non-hydrogen) atoms. The van der Waals surface area contributed by atoms with E-state index in [1.807, 2.05) is 0 Å². The van der Waals surface area contributed by atoms with Crippen LogP contribution in [0.3, 0.4) is 0 Å². The van der Waals surface area contributed by atoms with Gasteiger partial charge in [0.15, 0.2) is 0 Å². The fraction of sp³-hybridized carbons (Fsp3) is 0.182. The van der Waals surface area contributed by atoms with Gasteiger partial charge in [0.2, 0.25) is 10.0 Å². The van der Waals surface area contributed by atoms with E-state index >= 15 is 0 Å². The number of hydrogen-bond donors (Lipinski definition) is 1. The third-order valence-corrected chi connectivity index (χ3v) is 3.97. The number of sulfonamides is 1. The number of rotatable bonds is 6. The number of anilines is 1. The molecule has 6 heteroatoms. The lowest BCUT2D eigenvalue weighted by atomic mass is 10.4. The predicted molar refractivity (Wildman–Crippen MR) is 67.8 cm³/mol. The minimum Gasteiger partial charge on any atom is -0.398 e. The molecule has 1 aromatic rings. The van der Waals surface area contributed by atoms with Crippen molar-refractivity contribution >= 4 is 15.7 Å². The van der Waals surface area contributed by atoms with E-state index in [9.17, 15) is 8.42 Å². The van der Waals surface area contributed by atoms with Crippen molar-refractivity contribution in [3.8, 4) is 0 Å². The fourth-order valence-corrected chi connectivity index (χ4v) is 2.75. The van der Waals surface area contributed by atoms with Crippen molar-refractivity contribution in [2.24, 2.45) is 0 Å². The number of pyridine rings is 1. The Morgan fingerprint density at radius 1 is 1.35 bits per heavy atom. The minimum atomic E-state index is -3.65. The van der Waals surface area contributed by atoms with E-state index in [4.69, 9.17) is 5.73 Å². The van der Waals surface area contributed by atoms with Gasteiger partial charge in [0, 0.05) is 25.5 Å². The molecule has 0 aliphatic carbocycles. The highest BCUT2D eigenvalue weighted by Gasteiger charge is 2.24. The Labute approximate surface area is 101 Å². The maximum absolute atomic E-state index is 12.2. The van der Waals surface area contributed by atoms with Crippen LogP contribution in [0.25, 0.3) is 0 Å². The lowest BCUT2D eigenvalue weighted by Gasteiger charge is -2.19. The molecule has 0 aliphatic heterocycles. The Morgan fingerprint density at radius 2 is 1.94 bits per heavy atom. The van der Waals surface area contributed by atoms with Gasteiger partial charge in [-0.25, -0.2) is 8.42 Å². The molecule has 1 heterocycles. The molecule has 5 nitrogen and oxygen atoms in total. The monoisotopic (exact) mass is 253 g/mol. The van der Waals surface area contributed by atoms with Crippen LogP contribution in [0.1, 0.15) is 0 Å². The van der Waals surface area contributed by atoms with Crippen LogP contribution in [-0.2, 0) is 10.0 Å². The van der Waals surface area contributed by atoms with Crippen molar-refractivity contribution in [1.29, 1.82) is 0 Å². The quantitative estimate of drug-likeness (QED) is 0.768. The highest BCUT2D eigenvalue weighted by Crippen LogP contribution is 2.20. The summed E-state index contributed by atoms with van der Waals surface area (Å²) < 4.78 is 25.7. The molecule has 92 valence electrons. The summed E-state index contributed by atoms with van der Waals surface area (Å²) >= 11 is 0. The van der Waals surface area contributed by atoms with Gasteiger partial charge in [-0.15, -0.1) is 13.2 Å². The SMILES string of the molecule is C=CCN(CC=C)S(=O)(=O)c1cnccc1N. The molecule has 1 rings (SSSR count). The number of aromatic nitrogens is 1. The summed E-state index contributed by atoms with van der Waals surface area (Å²) in [5.41, 5.74) is 5.82. The molecule has 0 bridgehead atoms. The van der Waals surface area contributed by atoms with Crippen LogP contribution in [0.2, 0.25) is 0 Å². The van der Waals surface area contributed by atoms with Crippen LogP contribution < -0.4 is 5.73 Å². The van der Waals surface area contributed by atoms with Crippen LogP contribution in [-0.4, -0.2) is 30.8 Å². The molecule has 0 fully saturated rings. The van der Waals surface area contributed by atoms with Gasteiger partial charge in [-0.1, -0.05) is 12.2 Å². The number of nitrogens with zero attached hydrogens (tertiary/aromatic N) is 2. The van der Waals surface area contributed by atoms with Gasteiger partial charge in [-0.2, -0.15) is 4.31 Å². The first kappa shape index (κ1) is 13.4. The maximum atomic E-state index is 12.2. The normalized spacial score (nSPS) is 11.4. The zero-order valence-corrected chi connectivity index (χ0v) is 10.2. The molecule has 0 aromatic carbocycles. The average Bonchev–Trinajstić information content (AvgIpc) is 2.29. The zero-order chi connectivity index (χ0) is 12.9. The van der Waals surface area contributed by atoms with Crippen molar-refractivity contribution < 1.29 is 8.42 Å². The molecular weight excluding hydrogens is 238 g/mol. The molecule has 2 N–H and O–H groups in total. The molecule has 0 saturated heterocycles. The molecule has 0 saturated carbocycles. The lowest BCUT2D eigenvalue weighted by molar-refractivity contribution is 0.474. The molecule has 0 unspecified atom stereocenters. The smallest absolute Gasteiger partial charge is 0.247 e. The van der Waals surface area contributed by atoms with Gasteiger partial charge in [-0.05, 0) is 6.07 Å². The maximum Gasteiger partial charge on any atom is 0.247 e. The minimum absolute atomic E-state index is 0.00343. The topological polar surface area (TPSA) is 76.3 Å². The van der Waals surface area contributed by atoms with Crippen molar-refractivity contribution in [1.82, 2.24) is 9.29 Å². The summed E-state index contributed by atoms with van der Waals surface area (Å²) in [4.78, 5) is 3.78. The van der Waals surface area contributed by atoms with Gasteiger partial charge in [0.1, 0.15) is 4.90 Å². The molecular formula is C11H15N3O2S. The second-order valence-corrected chi connectivity index (χ2v) is 5.22. The summed E-state index contributed by atoms with van der Waals surface area (Å²) in [6, 6.07) is 1.45. The third kappa shape index (κ3) is 2.92. The molecule has 0 spiro atoms. The molecule has 0 aliphatic rings. The van der Waals surface area contributed by atoms with E-state index in [2.05, 4.69) is 18.1 Å². The van der Waals surface area contributed by atoms with E-state index in [0.29, 0.717) is 0 Å². The van der Waals surface area contributed by atoms with Crippen LogP contribution >= 0.6 is 0 Å². The Hall–Kier alpha value is -1.66. The van der Waals surface area contributed by atoms with Crippen LogP contribution in [0.4, 0.5) is 5.69 Å². The highest BCUT2D eigenvalue weighted by molar-refractivity contribution is 7.89. The molecule has 0 atom stereocenters. The number of nitrogen functional groups attached to an aromatic ring is 1. The number of nitrogens with two attached hydrogens (primary N) is 1. The van der Waals surface area contributed by atoms with Gasteiger partial charge in [0.05, 0.1) is 5.69 Å². The van der Waals surface area contributed by atoms with E-state index in [0.717, 1.165) is 0 Å².